The van der Waals surface area contributed by atoms with Gasteiger partial charge in [-0.25, -0.2) is 9.18 Å². The maximum Gasteiger partial charge on any atom is 0.407 e. The molecule has 142 valence electrons. The first-order valence-electron chi connectivity index (χ1n) is 8.82. The van der Waals surface area contributed by atoms with Gasteiger partial charge in [-0.3, -0.25) is 4.79 Å². The number of ether oxygens (including phenoxy) is 1. The number of nitrogens with one attached hydrogen (secondary N) is 1. The second-order valence-electron chi connectivity index (χ2n) is 7.61. The molecule has 1 aromatic rings. The second kappa shape index (κ2) is 7.89. The highest BCUT2D eigenvalue weighted by Gasteiger charge is 2.27. The molecule has 0 unspecified atom stereocenters. The average molecular weight is 362 g/mol. The van der Waals surface area contributed by atoms with Crippen LogP contribution in [-0.2, 0) is 4.74 Å². The average Bonchev–Trinajstić information content (AvgIpc) is 2.53. The molecular weight excluding hydrogens is 335 g/mol. The molecule has 1 N–H and O–H groups in total. The molecule has 0 spiro atoms. The minimum atomic E-state index is -0.549. The van der Waals surface area contributed by atoms with Crippen molar-refractivity contribution >= 4 is 18.1 Å². The van der Waals surface area contributed by atoms with Crippen molar-refractivity contribution in [2.24, 2.45) is 0 Å². The molecule has 1 aromatic carbocycles. The number of nitrogens with zero attached hydrogens (tertiary/aromatic N) is 1. The Bertz CT molecular complexity index is 702. The first-order chi connectivity index (χ1) is 12.1. The van der Waals surface area contributed by atoms with Crippen molar-refractivity contribution in [2.75, 3.05) is 13.1 Å². The summed E-state index contributed by atoms with van der Waals surface area (Å²) in [7, 11) is 0. The highest BCUT2D eigenvalue weighted by Crippen LogP contribution is 2.20. The van der Waals surface area contributed by atoms with Crippen LogP contribution < -0.4 is 5.32 Å². The van der Waals surface area contributed by atoms with E-state index in [0.717, 1.165) is 11.1 Å². The van der Waals surface area contributed by atoms with E-state index in [-0.39, 0.29) is 17.5 Å². The van der Waals surface area contributed by atoms with E-state index in [4.69, 9.17) is 4.74 Å². The number of amides is 2. The normalized spacial score (nSPS) is 15.5. The summed E-state index contributed by atoms with van der Waals surface area (Å²) in [6.07, 6.45) is 2.37. The van der Waals surface area contributed by atoms with E-state index < -0.39 is 17.5 Å². The lowest BCUT2D eigenvalue weighted by molar-refractivity contribution is 0.0473. The first-order valence-corrected chi connectivity index (χ1v) is 8.82. The molecule has 1 heterocycles. The van der Waals surface area contributed by atoms with Crippen LogP contribution in [0.2, 0.25) is 0 Å². The van der Waals surface area contributed by atoms with Crippen molar-refractivity contribution in [1.29, 1.82) is 0 Å². The maximum atomic E-state index is 14.2. The molecule has 0 aromatic heterocycles. The molecule has 2 rings (SSSR count). The van der Waals surface area contributed by atoms with Crippen molar-refractivity contribution < 1.29 is 18.7 Å². The number of likely N-dealkylation sites (tertiary alicyclic amines) is 1. The lowest BCUT2D eigenvalue weighted by atomic mass is 10.0. The van der Waals surface area contributed by atoms with Gasteiger partial charge in [0.1, 0.15) is 11.4 Å². The van der Waals surface area contributed by atoms with Crippen LogP contribution in [0, 0.1) is 12.7 Å². The molecule has 1 fully saturated rings. The van der Waals surface area contributed by atoms with Gasteiger partial charge in [0.15, 0.2) is 0 Å². The number of benzene rings is 1. The number of aryl methyl sites for hydroxylation is 1. The predicted octanol–water partition coefficient (Wildman–Crippen LogP) is 3.91. The summed E-state index contributed by atoms with van der Waals surface area (Å²) in [6.45, 7) is 11.8. The quantitative estimate of drug-likeness (QED) is 0.887. The number of hydrogen-bond donors (Lipinski definition) is 1. The topological polar surface area (TPSA) is 58.6 Å². The lowest BCUT2D eigenvalue weighted by Gasteiger charge is -2.33. The fourth-order valence-electron chi connectivity index (χ4n) is 2.94. The zero-order valence-corrected chi connectivity index (χ0v) is 15.9. The summed E-state index contributed by atoms with van der Waals surface area (Å²) in [4.78, 5) is 26.1. The van der Waals surface area contributed by atoms with Crippen LogP contribution in [-0.4, -0.2) is 41.6 Å². The number of halogens is 1. The van der Waals surface area contributed by atoms with E-state index in [1.807, 2.05) is 20.8 Å². The fourth-order valence-corrected chi connectivity index (χ4v) is 2.94. The summed E-state index contributed by atoms with van der Waals surface area (Å²) >= 11 is 0. The minimum absolute atomic E-state index is 0.0551. The Morgan fingerprint density at radius 1 is 1.31 bits per heavy atom. The van der Waals surface area contributed by atoms with Crippen LogP contribution >= 0.6 is 0 Å². The Morgan fingerprint density at radius 3 is 2.46 bits per heavy atom. The summed E-state index contributed by atoms with van der Waals surface area (Å²) in [5, 5.41) is 2.83. The Hall–Kier alpha value is -2.37. The fraction of sp³-hybridized carbons (Fsp3) is 0.500. The van der Waals surface area contributed by atoms with Crippen molar-refractivity contribution in [1.82, 2.24) is 10.2 Å². The van der Waals surface area contributed by atoms with Gasteiger partial charge in [0.2, 0.25) is 0 Å². The van der Waals surface area contributed by atoms with E-state index in [9.17, 15) is 14.0 Å². The number of rotatable bonds is 3. The molecule has 0 bridgehead atoms. The zero-order valence-electron chi connectivity index (χ0n) is 15.9. The third-order valence-electron chi connectivity index (χ3n) is 4.31. The molecule has 6 heteroatoms. The van der Waals surface area contributed by atoms with Crippen molar-refractivity contribution in [3.05, 3.63) is 41.2 Å². The van der Waals surface area contributed by atoms with Crippen LogP contribution in [0.15, 0.2) is 18.7 Å². The molecular formula is C20H27FN2O3. The van der Waals surface area contributed by atoms with Crippen molar-refractivity contribution in [2.45, 2.75) is 52.2 Å². The summed E-state index contributed by atoms with van der Waals surface area (Å²) in [6, 6.07) is 2.85. The summed E-state index contributed by atoms with van der Waals surface area (Å²) in [5.41, 5.74) is 1.00. The lowest BCUT2D eigenvalue weighted by Crippen LogP contribution is -2.47. The standard InChI is InChI=1S/C20H27FN2O3/c1-6-14-12-16(17(21)11-13(14)2)18(24)23-9-7-15(8-10-23)22-19(25)26-20(3,4)5/h6,11-12,15H,1,7-10H2,2-5H3,(H,22,25). The molecule has 2 amide bonds. The highest BCUT2D eigenvalue weighted by atomic mass is 19.1. The molecule has 1 aliphatic heterocycles. The van der Waals surface area contributed by atoms with Crippen molar-refractivity contribution in [3.8, 4) is 0 Å². The van der Waals surface area contributed by atoms with Gasteiger partial charge in [-0.15, -0.1) is 0 Å². The zero-order chi connectivity index (χ0) is 19.5. The van der Waals surface area contributed by atoms with E-state index in [2.05, 4.69) is 11.9 Å². The summed E-state index contributed by atoms with van der Waals surface area (Å²) in [5.74, 6) is -0.853. The second-order valence-corrected chi connectivity index (χ2v) is 7.61. The maximum absolute atomic E-state index is 14.2. The highest BCUT2D eigenvalue weighted by molar-refractivity contribution is 5.95. The molecule has 1 saturated heterocycles. The number of alkyl carbamates (subject to hydrolysis) is 1. The van der Waals surface area contributed by atoms with Gasteiger partial charge in [0.25, 0.3) is 5.91 Å². The van der Waals surface area contributed by atoms with E-state index in [1.165, 1.54) is 6.07 Å². The number of piperidine rings is 1. The molecule has 5 nitrogen and oxygen atoms in total. The third-order valence-corrected chi connectivity index (χ3v) is 4.31. The number of hydrogen-bond acceptors (Lipinski definition) is 3. The van der Waals surface area contributed by atoms with Gasteiger partial charge < -0.3 is 15.0 Å². The van der Waals surface area contributed by atoms with Crippen molar-refractivity contribution in [3.63, 3.8) is 0 Å². The van der Waals surface area contributed by atoms with Crippen LogP contribution in [0.3, 0.4) is 0 Å². The Kier molecular flexibility index (Phi) is 6.05. The largest absolute Gasteiger partial charge is 0.444 e. The monoisotopic (exact) mass is 362 g/mol. The van der Waals surface area contributed by atoms with Gasteiger partial charge in [-0.05, 0) is 63.8 Å². The molecule has 0 aliphatic carbocycles. The smallest absolute Gasteiger partial charge is 0.407 e. The Labute approximate surface area is 154 Å². The number of carbonyl (C=O) groups excluding carboxylic acids is 2. The van der Waals surface area contributed by atoms with Gasteiger partial charge in [-0.1, -0.05) is 12.7 Å². The third kappa shape index (κ3) is 5.07. The summed E-state index contributed by atoms with van der Waals surface area (Å²) < 4.78 is 19.5. The van der Waals surface area contributed by atoms with Gasteiger partial charge in [0.05, 0.1) is 5.56 Å². The number of carbonyl (C=O) groups is 2. The predicted molar refractivity (Wildman–Crippen MR) is 99.5 cm³/mol. The van der Waals surface area contributed by atoms with Gasteiger partial charge in [-0.2, -0.15) is 0 Å². The SMILES string of the molecule is C=Cc1cc(C(=O)N2CCC(NC(=O)OC(C)(C)C)CC2)c(F)cc1C. The Balaban J connectivity index is 1.97. The van der Waals surface area contributed by atoms with Crippen LogP contribution in [0.4, 0.5) is 9.18 Å². The van der Waals surface area contributed by atoms with Crippen LogP contribution in [0.25, 0.3) is 6.08 Å². The molecule has 0 radical (unpaired) electrons. The molecule has 0 atom stereocenters. The van der Waals surface area contributed by atoms with Crippen LogP contribution in [0.1, 0.15) is 55.1 Å². The van der Waals surface area contributed by atoms with Gasteiger partial charge >= 0.3 is 6.09 Å². The van der Waals surface area contributed by atoms with Gasteiger partial charge in [0, 0.05) is 19.1 Å². The van der Waals surface area contributed by atoms with E-state index in [0.29, 0.717) is 25.9 Å². The first kappa shape index (κ1) is 19.9. The van der Waals surface area contributed by atoms with E-state index >= 15 is 0 Å². The molecule has 0 saturated carbocycles. The molecule has 26 heavy (non-hydrogen) atoms. The molecule has 1 aliphatic rings. The minimum Gasteiger partial charge on any atom is -0.444 e. The Morgan fingerprint density at radius 2 is 1.92 bits per heavy atom. The van der Waals surface area contributed by atoms with E-state index in [1.54, 1.807) is 24.0 Å². The van der Waals surface area contributed by atoms with Crippen LogP contribution in [0.5, 0.6) is 0 Å².